The zero-order chi connectivity index (χ0) is 24.6. The topological polar surface area (TPSA) is 97.8 Å². The predicted octanol–water partition coefficient (Wildman–Crippen LogP) is 5.34. The number of benzene rings is 3. The van der Waals surface area contributed by atoms with E-state index in [0.717, 1.165) is 39.5 Å². The number of methoxy groups -OCH3 is 1. The molecule has 0 atom stereocenters. The van der Waals surface area contributed by atoms with Gasteiger partial charge in [-0.05, 0) is 42.0 Å². The fourth-order valence-corrected chi connectivity index (χ4v) is 4.89. The number of halogens is 1. The summed E-state index contributed by atoms with van der Waals surface area (Å²) in [6.45, 7) is 0. The Hall–Kier alpha value is -3.75. The number of pyridine rings is 1. The molecule has 0 aliphatic carbocycles. The molecule has 7 nitrogen and oxygen atoms in total. The fourth-order valence-electron chi connectivity index (χ4n) is 3.95. The van der Waals surface area contributed by atoms with Crippen LogP contribution in [0.4, 0.5) is 0 Å². The van der Waals surface area contributed by atoms with E-state index in [1.165, 1.54) is 7.11 Å². The largest absolute Gasteiger partial charge is 0.495 e. The molecule has 0 unspecified atom stereocenters. The first-order chi connectivity index (χ1) is 16.8. The summed E-state index contributed by atoms with van der Waals surface area (Å²) in [6, 6.07) is 22.4. The number of aromatic nitrogens is 4. The lowest BCUT2D eigenvalue weighted by atomic mass is 10.0. The van der Waals surface area contributed by atoms with Gasteiger partial charge in [-0.2, -0.15) is 5.10 Å². The molecule has 0 bridgehead atoms. The number of aromatic amines is 1. The second-order valence-electron chi connectivity index (χ2n) is 8.12. The molecule has 9 heteroatoms. The van der Waals surface area contributed by atoms with Gasteiger partial charge in [-0.3, -0.25) is 5.10 Å². The van der Waals surface area contributed by atoms with E-state index in [0.29, 0.717) is 28.8 Å². The highest BCUT2D eigenvalue weighted by Crippen LogP contribution is 2.31. The monoisotopic (exact) mass is 504 g/mol. The van der Waals surface area contributed by atoms with Crippen molar-refractivity contribution < 1.29 is 13.2 Å². The van der Waals surface area contributed by atoms with Crippen molar-refractivity contribution in [3.05, 3.63) is 89.2 Å². The molecule has 3 aromatic carbocycles. The van der Waals surface area contributed by atoms with E-state index in [-0.39, 0.29) is 4.90 Å². The molecule has 2 aromatic heterocycles. The van der Waals surface area contributed by atoms with Crippen LogP contribution in [-0.4, -0.2) is 41.9 Å². The standard InChI is InChI=1S/C26H21ClN4O3S/c1-34-23-13-16(7-12-24(23)35(2,32)33)14-25-29-26(31-30-25)20-15-22(17-8-10-18(27)11-9-17)28-21-6-4-3-5-19(20)21/h3-13,15H,14H2,1-2H3,(H,29,30,31). The zero-order valence-corrected chi connectivity index (χ0v) is 20.6. The van der Waals surface area contributed by atoms with Crippen LogP contribution in [0.3, 0.4) is 0 Å². The van der Waals surface area contributed by atoms with E-state index in [1.54, 1.807) is 18.2 Å². The molecule has 0 spiro atoms. The Kier molecular flexibility index (Phi) is 6.00. The summed E-state index contributed by atoms with van der Waals surface area (Å²) in [5.41, 5.74) is 4.27. The highest BCUT2D eigenvalue weighted by Gasteiger charge is 2.17. The van der Waals surface area contributed by atoms with Crippen LogP contribution in [0.1, 0.15) is 11.4 Å². The molecule has 176 valence electrons. The van der Waals surface area contributed by atoms with Gasteiger partial charge in [0.05, 0.1) is 18.3 Å². The van der Waals surface area contributed by atoms with Gasteiger partial charge in [-0.15, -0.1) is 0 Å². The highest BCUT2D eigenvalue weighted by molar-refractivity contribution is 7.90. The minimum atomic E-state index is -3.39. The van der Waals surface area contributed by atoms with Gasteiger partial charge in [0, 0.05) is 34.2 Å². The lowest BCUT2D eigenvalue weighted by molar-refractivity contribution is 0.402. The smallest absolute Gasteiger partial charge is 0.181 e. The number of hydrogen-bond acceptors (Lipinski definition) is 6. The van der Waals surface area contributed by atoms with Crippen LogP contribution in [0.25, 0.3) is 33.5 Å². The summed E-state index contributed by atoms with van der Waals surface area (Å²) >= 11 is 6.06. The average Bonchev–Trinajstić information content (AvgIpc) is 3.31. The Bertz CT molecular complexity index is 1650. The molecule has 0 amide bonds. The maximum absolute atomic E-state index is 12.0. The SMILES string of the molecule is COc1cc(Cc2nc(-c3cc(-c4ccc(Cl)cc4)nc4ccccc34)n[nH]2)ccc1S(C)(=O)=O. The van der Waals surface area contributed by atoms with E-state index in [9.17, 15) is 8.42 Å². The molecule has 5 aromatic rings. The summed E-state index contributed by atoms with van der Waals surface area (Å²) in [4.78, 5) is 9.69. The van der Waals surface area contributed by atoms with Gasteiger partial charge in [0.1, 0.15) is 16.5 Å². The van der Waals surface area contributed by atoms with Gasteiger partial charge in [-0.25, -0.2) is 18.4 Å². The van der Waals surface area contributed by atoms with Crippen molar-refractivity contribution in [2.45, 2.75) is 11.3 Å². The van der Waals surface area contributed by atoms with Crippen LogP contribution < -0.4 is 4.74 Å². The Morgan fingerprint density at radius 3 is 2.49 bits per heavy atom. The van der Waals surface area contributed by atoms with Crippen LogP contribution in [0.15, 0.2) is 77.7 Å². The van der Waals surface area contributed by atoms with Gasteiger partial charge in [0.2, 0.25) is 0 Å². The number of sulfone groups is 1. The lowest BCUT2D eigenvalue weighted by Gasteiger charge is -2.09. The number of H-pyrrole nitrogens is 1. The molecule has 0 radical (unpaired) electrons. The molecule has 35 heavy (non-hydrogen) atoms. The van der Waals surface area contributed by atoms with Crippen molar-refractivity contribution in [2.75, 3.05) is 13.4 Å². The van der Waals surface area contributed by atoms with E-state index in [2.05, 4.69) is 10.2 Å². The molecule has 0 aliphatic rings. The molecule has 0 fully saturated rings. The Balaban J connectivity index is 1.52. The number of ether oxygens (including phenoxy) is 1. The van der Waals surface area contributed by atoms with Crippen molar-refractivity contribution in [1.29, 1.82) is 0 Å². The summed E-state index contributed by atoms with van der Waals surface area (Å²) in [7, 11) is -1.94. The normalized spacial score (nSPS) is 11.6. The van der Waals surface area contributed by atoms with Crippen LogP contribution in [0.5, 0.6) is 5.75 Å². The molecule has 0 saturated heterocycles. The van der Waals surface area contributed by atoms with Crippen molar-refractivity contribution in [2.24, 2.45) is 0 Å². The quantitative estimate of drug-likeness (QED) is 0.335. The number of hydrogen-bond donors (Lipinski definition) is 1. The second kappa shape index (κ2) is 9.13. The van der Waals surface area contributed by atoms with E-state index in [4.69, 9.17) is 26.3 Å². The first kappa shape index (κ1) is 23.0. The van der Waals surface area contributed by atoms with Crippen LogP contribution >= 0.6 is 11.6 Å². The maximum Gasteiger partial charge on any atom is 0.181 e. The van der Waals surface area contributed by atoms with Crippen LogP contribution in [-0.2, 0) is 16.3 Å². The number of nitrogens with one attached hydrogen (secondary N) is 1. The fraction of sp³-hybridized carbons (Fsp3) is 0.115. The predicted molar refractivity (Wildman–Crippen MR) is 136 cm³/mol. The summed E-state index contributed by atoms with van der Waals surface area (Å²) < 4.78 is 29.2. The van der Waals surface area contributed by atoms with E-state index < -0.39 is 9.84 Å². The van der Waals surface area contributed by atoms with Crippen molar-refractivity contribution >= 4 is 32.3 Å². The summed E-state index contributed by atoms with van der Waals surface area (Å²) in [5.74, 6) is 1.49. The first-order valence-electron chi connectivity index (χ1n) is 10.8. The third kappa shape index (κ3) is 4.76. The Labute approximate surface area is 207 Å². The van der Waals surface area contributed by atoms with Crippen LogP contribution in [0, 0.1) is 0 Å². The third-order valence-electron chi connectivity index (χ3n) is 5.63. The first-order valence-corrected chi connectivity index (χ1v) is 13.0. The Morgan fingerprint density at radius 1 is 0.971 bits per heavy atom. The molecule has 2 heterocycles. The molecule has 5 rings (SSSR count). The maximum atomic E-state index is 12.0. The third-order valence-corrected chi connectivity index (χ3v) is 7.02. The van der Waals surface area contributed by atoms with Gasteiger partial charge in [-0.1, -0.05) is 48.0 Å². The van der Waals surface area contributed by atoms with Gasteiger partial charge in [0.15, 0.2) is 15.7 Å². The van der Waals surface area contributed by atoms with Crippen molar-refractivity contribution in [3.63, 3.8) is 0 Å². The minimum absolute atomic E-state index is 0.153. The number of para-hydroxylation sites is 1. The molecular weight excluding hydrogens is 484 g/mol. The van der Waals surface area contributed by atoms with Crippen LogP contribution in [0.2, 0.25) is 5.02 Å². The van der Waals surface area contributed by atoms with E-state index in [1.807, 2.05) is 54.6 Å². The minimum Gasteiger partial charge on any atom is -0.495 e. The second-order valence-corrected chi connectivity index (χ2v) is 10.5. The lowest BCUT2D eigenvalue weighted by Crippen LogP contribution is -2.02. The van der Waals surface area contributed by atoms with Gasteiger partial charge < -0.3 is 4.74 Å². The molecular formula is C26H21ClN4O3S. The zero-order valence-electron chi connectivity index (χ0n) is 19.0. The van der Waals surface area contributed by atoms with Crippen molar-refractivity contribution in [1.82, 2.24) is 20.2 Å². The van der Waals surface area contributed by atoms with Gasteiger partial charge >= 0.3 is 0 Å². The summed E-state index contributed by atoms with van der Waals surface area (Å²) in [6.07, 6.45) is 1.59. The van der Waals surface area contributed by atoms with Gasteiger partial charge in [0.25, 0.3) is 0 Å². The molecule has 0 aliphatic heterocycles. The van der Waals surface area contributed by atoms with Crippen molar-refractivity contribution in [3.8, 4) is 28.4 Å². The number of fused-ring (bicyclic) bond motifs is 1. The number of nitrogens with zero attached hydrogens (tertiary/aromatic N) is 3. The summed E-state index contributed by atoms with van der Waals surface area (Å²) in [5, 5.41) is 9.08. The van der Waals surface area contributed by atoms with E-state index >= 15 is 0 Å². The molecule has 1 N–H and O–H groups in total. The average molecular weight is 505 g/mol. The Morgan fingerprint density at radius 2 is 1.74 bits per heavy atom. The molecule has 0 saturated carbocycles. The highest BCUT2D eigenvalue weighted by atomic mass is 35.5. The number of rotatable bonds is 6.